The summed E-state index contributed by atoms with van der Waals surface area (Å²) in [6.45, 7) is 3.72. The van der Waals surface area contributed by atoms with Gasteiger partial charge in [-0.3, -0.25) is 4.79 Å². The summed E-state index contributed by atoms with van der Waals surface area (Å²) in [5, 5.41) is 0. The molecule has 0 saturated carbocycles. The smallest absolute Gasteiger partial charge is 0.257 e. The van der Waals surface area contributed by atoms with Crippen LogP contribution >= 0.6 is 0 Å². The molecular weight excluding hydrogens is 262 g/mol. The largest absolute Gasteiger partial charge is 0.466 e. The van der Waals surface area contributed by atoms with E-state index in [-0.39, 0.29) is 11.9 Å². The minimum absolute atomic E-state index is 0.0473. The highest BCUT2D eigenvalue weighted by Crippen LogP contribution is 2.34. The van der Waals surface area contributed by atoms with E-state index in [1.54, 1.807) is 0 Å². The molecule has 1 amide bonds. The highest BCUT2D eigenvalue weighted by molar-refractivity contribution is 5.95. The molecule has 0 unspecified atom stereocenters. The molecule has 1 aliphatic carbocycles. The van der Waals surface area contributed by atoms with Gasteiger partial charge in [0.25, 0.3) is 5.91 Å². The molecule has 0 N–H and O–H groups in total. The molecule has 1 aliphatic rings. The van der Waals surface area contributed by atoms with Crippen LogP contribution in [0.15, 0.2) is 34.7 Å². The normalized spacial score (nSPS) is 17.4. The van der Waals surface area contributed by atoms with Gasteiger partial charge in [0.2, 0.25) is 0 Å². The van der Waals surface area contributed by atoms with Gasteiger partial charge in [0, 0.05) is 7.05 Å². The van der Waals surface area contributed by atoms with Crippen LogP contribution in [-0.2, 0) is 6.42 Å². The lowest BCUT2D eigenvalue weighted by Gasteiger charge is -2.33. The predicted molar refractivity (Wildman–Crippen MR) is 82.4 cm³/mol. The molecule has 2 aromatic rings. The first-order chi connectivity index (χ1) is 10.1. The topological polar surface area (TPSA) is 33.5 Å². The van der Waals surface area contributed by atoms with Gasteiger partial charge in [-0.15, -0.1) is 0 Å². The van der Waals surface area contributed by atoms with Crippen molar-refractivity contribution in [2.24, 2.45) is 0 Å². The Morgan fingerprint density at radius 1 is 1.29 bits per heavy atom. The lowest BCUT2D eigenvalue weighted by atomic mass is 9.87. The first-order valence-corrected chi connectivity index (χ1v) is 7.50. The minimum atomic E-state index is 0.0473. The first kappa shape index (κ1) is 13.9. The third-order valence-electron chi connectivity index (χ3n) is 4.40. The van der Waals surface area contributed by atoms with Crippen LogP contribution < -0.4 is 0 Å². The van der Waals surface area contributed by atoms with Crippen LogP contribution in [0.4, 0.5) is 0 Å². The van der Waals surface area contributed by atoms with E-state index in [1.807, 2.05) is 31.9 Å². The number of carbonyl (C=O) groups is 1. The van der Waals surface area contributed by atoms with Gasteiger partial charge in [0.05, 0.1) is 11.6 Å². The van der Waals surface area contributed by atoms with Gasteiger partial charge in [-0.05, 0) is 50.3 Å². The number of aryl methyl sites for hydroxylation is 3. The van der Waals surface area contributed by atoms with Gasteiger partial charge in [-0.1, -0.05) is 24.3 Å². The number of amides is 1. The quantitative estimate of drug-likeness (QED) is 0.833. The van der Waals surface area contributed by atoms with E-state index in [0.717, 1.165) is 25.0 Å². The second kappa shape index (κ2) is 5.40. The fraction of sp³-hybridized carbons (Fsp3) is 0.389. The van der Waals surface area contributed by atoms with E-state index in [9.17, 15) is 4.79 Å². The molecule has 0 bridgehead atoms. The molecule has 1 atom stereocenters. The van der Waals surface area contributed by atoms with Crippen LogP contribution in [0, 0.1) is 13.8 Å². The van der Waals surface area contributed by atoms with Crippen LogP contribution in [0.3, 0.4) is 0 Å². The van der Waals surface area contributed by atoms with E-state index in [2.05, 4.69) is 24.3 Å². The molecule has 0 spiro atoms. The molecule has 3 heteroatoms. The van der Waals surface area contributed by atoms with Crippen molar-refractivity contribution in [2.75, 3.05) is 7.05 Å². The standard InChI is InChI=1S/C18H21NO2/c1-12-11-16(13(2)21-12)18(20)19(3)17-10-6-8-14-7-4-5-9-15(14)17/h4-5,7,9,11,17H,6,8,10H2,1-3H3/t17-/m1/s1. The van der Waals surface area contributed by atoms with E-state index < -0.39 is 0 Å². The van der Waals surface area contributed by atoms with E-state index in [1.165, 1.54) is 11.1 Å². The van der Waals surface area contributed by atoms with Crippen molar-refractivity contribution >= 4 is 5.91 Å². The second-order valence-electron chi connectivity index (χ2n) is 5.85. The van der Waals surface area contributed by atoms with Gasteiger partial charge in [0.15, 0.2) is 0 Å². The Kier molecular flexibility index (Phi) is 3.58. The van der Waals surface area contributed by atoms with E-state index in [4.69, 9.17) is 4.42 Å². The Bertz CT molecular complexity index is 672. The van der Waals surface area contributed by atoms with E-state index in [0.29, 0.717) is 11.3 Å². The average Bonchev–Trinajstić information content (AvgIpc) is 2.84. The molecule has 0 saturated heterocycles. The fourth-order valence-corrected chi connectivity index (χ4v) is 3.31. The fourth-order valence-electron chi connectivity index (χ4n) is 3.31. The molecule has 0 aliphatic heterocycles. The van der Waals surface area contributed by atoms with Gasteiger partial charge < -0.3 is 9.32 Å². The number of furan rings is 1. The number of fused-ring (bicyclic) bond motifs is 1. The summed E-state index contributed by atoms with van der Waals surface area (Å²) < 4.78 is 5.50. The van der Waals surface area contributed by atoms with Crippen LogP contribution in [0.2, 0.25) is 0 Å². The molecule has 1 aromatic heterocycles. The van der Waals surface area contributed by atoms with E-state index >= 15 is 0 Å². The minimum Gasteiger partial charge on any atom is -0.466 e. The molecular formula is C18H21NO2. The van der Waals surface area contributed by atoms with Crippen LogP contribution in [0.1, 0.15) is 51.9 Å². The molecule has 1 heterocycles. The van der Waals surface area contributed by atoms with Gasteiger partial charge in [-0.25, -0.2) is 0 Å². The second-order valence-corrected chi connectivity index (χ2v) is 5.85. The lowest BCUT2D eigenvalue weighted by Crippen LogP contribution is -2.33. The van der Waals surface area contributed by atoms with Crippen LogP contribution in [0.25, 0.3) is 0 Å². The van der Waals surface area contributed by atoms with Gasteiger partial charge in [0.1, 0.15) is 11.5 Å². The number of hydrogen-bond donors (Lipinski definition) is 0. The van der Waals surface area contributed by atoms with Crippen molar-refractivity contribution in [3.8, 4) is 0 Å². The summed E-state index contributed by atoms with van der Waals surface area (Å²) in [5.41, 5.74) is 3.34. The first-order valence-electron chi connectivity index (χ1n) is 7.50. The lowest BCUT2D eigenvalue weighted by molar-refractivity contribution is 0.0713. The maximum atomic E-state index is 12.8. The van der Waals surface area contributed by atoms with Crippen LogP contribution in [0.5, 0.6) is 0 Å². The highest BCUT2D eigenvalue weighted by Gasteiger charge is 2.28. The van der Waals surface area contributed by atoms with Gasteiger partial charge in [-0.2, -0.15) is 0 Å². The SMILES string of the molecule is Cc1cc(C(=O)N(C)[C@@H]2CCCc3ccccc32)c(C)o1. The molecule has 0 fully saturated rings. The van der Waals surface area contributed by atoms with Crippen molar-refractivity contribution in [1.29, 1.82) is 0 Å². The average molecular weight is 283 g/mol. The third kappa shape index (κ3) is 2.48. The Morgan fingerprint density at radius 3 is 2.76 bits per heavy atom. The van der Waals surface area contributed by atoms with Crippen molar-refractivity contribution in [1.82, 2.24) is 4.90 Å². The summed E-state index contributed by atoms with van der Waals surface area (Å²) in [6.07, 6.45) is 3.26. The number of nitrogens with zero attached hydrogens (tertiary/aromatic N) is 1. The Labute approximate surface area is 125 Å². The summed E-state index contributed by atoms with van der Waals surface area (Å²) in [4.78, 5) is 14.6. The molecule has 0 radical (unpaired) electrons. The zero-order chi connectivity index (χ0) is 15.0. The highest BCUT2D eigenvalue weighted by atomic mass is 16.3. The number of benzene rings is 1. The van der Waals surface area contributed by atoms with Crippen molar-refractivity contribution < 1.29 is 9.21 Å². The monoisotopic (exact) mass is 283 g/mol. The Hall–Kier alpha value is -2.03. The maximum absolute atomic E-state index is 12.8. The molecule has 3 rings (SSSR count). The van der Waals surface area contributed by atoms with Gasteiger partial charge >= 0.3 is 0 Å². The zero-order valence-corrected chi connectivity index (χ0v) is 12.8. The summed E-state index contributed by atoms with van der Waals surface area (Å²) in [5.74, 6) is 1.53. The number of hydrogen-bond acceptors (Lipinski definition) is 2. The summed E-state index contributed by atoms with van der Waals surface area (Å²) in [7, 11) is 1.90. The number of rotatable bonds is 2. The molecule has 1 aromatic carbocycles. The Morgan fingerprint density at radius 2 is 2.05 bits per heavy atom. The molecule has 3 nitrogen and oxygen atoms in total. The maximum Gasteiger partial charge on any atom is 0.257 e. The summed E-state index contributed by atoms with van der Waals surface area (Å²) >= 11 is 0. The van der Waals surface area contributed by atoms with Crippen molar-refractivity contribution in [3.63, 3.8) is 0 Å². The Balaban J connectivity index is 1.91. The molecule has 21 heavy (non-hydrogen) atoms. The third-order valence-corrected chi connectivity index (χ3v) is 4.40. The van der Waals surface area contributed by atoms with Crippen molar-refractivity contribution in [2.45, 2.75) is 39.2 Å². The summed E-state index contributed by atoms with van der Waals surface area (Å²) in [6, 6.07) is 10.5. The number of carbonyl (C=O) groups excluding carboxylic acids is 1. The van der Waals surface area contributed by atoms with Crippen molar-refractivity contribution in [3.05, 3.63) is 58.5 Å². The molecule has 110 valence electrons. The van der Waals surface area contributed by atoms with Crippen LogP contribution in [-0.4, -0.2) is 17.9 Å². The predicted octanol–water partition coefficient (Wildman–Crippen LogP) is 4.05. The zero-order valence-electron chi connectivity index (χ0n) is 12.8.